The zero-order valence-corrected chi connectivity index (χ0v) is 15.2. The number of aryl methyl sites for hydroxylation is 1. The van der Waals surface area contributed by atoms with Crippen molar-refractivity contribution < 1.29 is 19.1 Å². The maximum atomic E-state index is 12.2. The summed E-state index contributed by atoms with van der Waals surface area (Å²) in [4.78, 5) is 24.2. The molecule has 0 spiro atoms. The fraction of sp³-hybridized carbons (Fsp3) is 0.222. The van der Waals surface area contributed by atoms with Gasteiger partial charge in [-0.15, -0.1) is 0 Å². The molecule has 2 N–H and O–H groups in total. The van der Waals surface area contributed by atoms with Gasteiger partial charge in [-0.25, -0.2) is 0 Å². The van der Waals surface area contributed by atoms with Crippen LogP contribution in [0, 0.1) is 6.92 Å². The summed E-state index contributed by atoms with van der Waals surface area (Å²) in [7, 11) is 0. The second-order valence-corrected chi connectivity index (χ2v) is 6.46. The first-order chi connectivity index (χ1) is 12.0. The molecule has 0 saturated carbocycles. The highest BCUT2D eigenvalue weighted by Gasteiger charge is 2.15. The normalized spacial score (nSPS) is 12.4. The number of anilines is 1. The first kappa shape index (κ1) is 17.3. The molecule has 1 aliphatic rings. The summed E-state index contributed by atoms with van der Waals surface area (Å²) in [5, 5.41) is 5.38. The molecule has 0 aromatic heterocycles. The number of rotatable bonds is 4. The molecular formula is C18H17BrN2O4. The average Bonchev–Trinajstić information content (AvgIpc) is 2.61. The van der Waals surface area contributed by atoms with Crippen molar-refractivity contribution in [1.29, 1.82) is 0 Å². The minimum Gasteiger partial charge on any atom is -0.486 e. The van der Waals surface area contributed by atoms with Crippen LogP contribution in [0.1, 0.15) is 15.9 Å². The van der Waals surface area contributed by atoms with Crippen LogP contribution in [-0.2, 0) is 4.79 Å². The van der Waals surface area contributed by atoms with Crippen molar-refractivity contribution in [3.8, 4) is 11.5 Å². The van der Waals surface area contributed by atoms with Crippen LogP contribution < -0.4 is 20.1 Å². The minimum atomic E-state index is -0.348. The number of ether oxygens (including phenoxy) is 2. The van der Waals surface area contributed by atoms with Crippen LogP contribution in [0.15, 0.2) is 40.9 Å². The molecule has 6 nitrogen and oxygen atoms in total. The molecule has 0 radical (unpaired) electrons. The summed E-state index contributed by atoms with van der Waals surface area (Å²) in [6.07, 6.45) is 0. The summed E-state index contributed by atoms with van der Waals surface area (Å²) < 4.78 is 11.8. The largest absolute Gasteiger partial charge is 0.486 e. The van der Waals surface area contributed by atoms with Gasteiger partial charge >= 0.3 is 0 Å². The zero-order chi connectivity index (χ0) is 17.8. The maximum Gasteiger partial charge on any atom is 0.251 e. The molecule has 2 aromatic rings. The number of carbonyl (C=O) groups is 2. The first-order valence-electron chi connectivity index (χ1n) is 7.77. The first-order valence-corrected chi connectivity index (χ1v) is 8.56. The smallest absolute Gasteiger partial charge is 0.251 e. The molecule has 25 heavy (non-hydrogen) atoms. The molecule has 1 heterocycles. The molecule has 0 aliphatic carbocycles. The van der Waals surface area contributed by atoms with Crippen molar-refractivity contribution in [1.82, 2.24) is 5.32 Å². The van der Waals surface area contributed by atoms with E-state index in [4.69, 9.17) is 9.47 Å². The van der Waals surface area contributed by atoms with Crippen LogP contribution >= 0.6 is 15.9 Å². The van der Waals surface area contributed by atoms with E-state index in [2.05, 4.69) is 26.6 Å². The molecular weight excluding hydrogens is 388 g/mol. The predicted molar refractivity (Wildman–Crippen MR) is 97.3 cm³/mol. The number of nitrogens with one attached hydrogen (secondary N) is 2. The van der Waals surface area contributed by atoms with E-state index < -0.39 is 0 Å². The molecule has 0 atom stereocenters. The monoisotopic (exact) mass is 404 g/mol. The highest BCUT2D eigenvalue weighted by Crippen LogP contribution is 2.30. The summed E-state index contributed by atoms with van der Waals surface area (Å²) in [5.41, 5.74) is 2.06. The van der Waals surface area contributed by atoms with Gasteiger partial charge in [0.1, 0.15) is 13.2 Å². The zero-order valence-electron chi connectivity index (χ0n) is 13.6. The molecule has 130 valence electrons. The third-order valence-electron chi connectivity index (χ3n) is 3.68. The highest BCUT2D eigenvalue weighted by atomic mass is 79.9. The Bertz CT molecular complexity index is 823. The Morgan fingerprint density at radius 2 is 1.84 bits per heavy atom. The van der Waals surface area contributed by atoms with Crippen LogP contribution in [0.5, 0.6) is 11.5 Å². The Kier molecular flexibility index (Phi) is 5.23. The molecule has 0 unspecified atom stereocenters. The van der Waals surface area contributed by atoms with Crippen molar-refractivity contribution >= 4 is 33.4 Å². The quantitative estimate of drug-likeness (QED) is 0.821. The lowest BCUT2D eigenvalue weighted by Gasteiger charge is -2.18. The molecule has 0 bridgehead atoms. The van der Waals surface area contributed by atoms with Gasteiger partial charge in [0.15, 0.2) is 11.5 Å². The van der Waals surface area contributed by atoms with Crippen molar-refractivity contribution in [2.24, 2.45) is 0 Å². The van der Waals surface area contributed by atoms with Gasteiger partial charge < -0.3 is 20.1 Å². The van der Waals surface area contributed by atoms with Gasteiger partial charge in [-0.3, -0.25) is 9.59 Å². The second kappa shape index (κ2) is 7.57. The molecule has 7 heteroatoms. The molecule has 0 fully saturated rings. The number of halogens is 1. The van der Waals surface area contributed by atoms with E-state index in [-0.39, 0.29) is 18.4 Å². The van der Waals surface area contributed by atoms with Gasteiger partial charge in [-0.05, 0) is 48.9 Å². The molecule has 1 aliphatic heterocycles. The van der Waals surface area contributed by atoms with E-state index in [1.165, 1.54) is 0 Å². The van der Waals surface area contributed by atoms with E-state index in [1.54, 1.807) is 24.3 Å². The van der Waals surface area contributed by atoms with E-state index >= 15 is 0 Å². The van der Waals surface area contributed by atoms with Gasteiger partial charge in [0.05, 0.1) is 6.54 Å². The lowest BCUT2D eigenvalue weighted by atomic mass is 10.2. The Morgan fingerprint density at radius 1 is 1.08 bits per heavy atom. The molecule has 2 aromatic carbocycles. The standard InChI is InChI=1S/C18H17BrN2O4/c1-11-8-13(19)3-4-14(11)21-17(22)10-20-18(23)12-2-5-15-16(9-12)25-7-6-24-15/h2-5,8-9H,6-7,10H2,1H3,(H,20,23)(H,21,22). The summed E-state index contributed by atoms with van der Waals surface area (Å²) in [5.74, 6) is 0.510. The predicted octanol–water partition coefficient (Wildman–Crippen LogP) is 2.90. The van der Waals surface area contributed by atoms with Crippen LogP contribution in [0.4, 0.5) is 5.69 Å². The van der Waals surface area contributed by atoms with E-state index in [9.17, 15) is 9.59 Å². The Morgan fingerprint density at radius 3 is 2.60 bits per heavy atom. The summed E-state index contributed by atoms with van der Waals surface area (Å²) >= 11 is 3.38. The number of carbonyl (C=O) groups excluding carboxylic acids is 2. The Balaban J connectivity index is 1.57. The summed E-state index contributed by atoms with van der Waals surface area (Å²) in [6, 6.07) is 10.5. The van der Waals surface area contributed by atoms with Gasteiger partial charge in [-0.2, -0.15) is 0 Å². The van der Waals surface area contributed by atoms with Crippen molar-refractivity contribution in [2.75, 3.05) is 25.1 Å². The number of amides is 2. The van der Waals surface area contributed by atoms with Gasteiger partial charge in [0.25, 0.3) is 5.91 Å². The second-order valence-electron chi connectivity index (χ2n) is 5.55. The summed E-state index contributed by atoms with van der Waals surface area (Å²) in [6.45, 7) is 2.72. The van der Waals surface area contributed by atoms with Crippen LogP contribution in [-0.4, -0.2) is 31.6 Å². The Hall–Kier alpha value is -2.54. The SMILES string of the molecule is Cc1cc(Br)ccc1NC(=O)CNC(=O)c1ccc2c(c1)OCCO2. The van der Waals surface area contributed by atoms with E-state index in [0.717, 1.165) is 10.0 Å². The lowest BCUT2D eigenvalue weighted by molar-refractivity contribution is -0.115. The van der Waals surface area contributed by atoms with Gasteiger partial charge in [-0.1, -0.05) is 15.9 Å². The van der Waals surface area contributed by atoms with Crippen LogP contribution in [0.2, 0.25) is 0 Å². The number of hydrogen-bond acceptors (Lipinski definition) is 4. The fourth-order valence-electron chi connectivity index (χ4n) is 2.41. The third kappa shape index (κ3) is 4.30. The van der Waals surface area contributed by atoms with Crippen molar-refractivity contribution in [3.63, 3.8) is 0 Å². The lowest BCUT2D eigenvalue weighted by Crippen LogP contribution is -2.33. The fourth-order valence-corrected chi connectivity index (χ4v) is 2.88. The third-order valence-corrected chi connectivity index (χ3v) is 4.17. The topological polar surface area (TPSA) is 76.7 Å². The van der Waals surface area contributed by atoms with Gasteiger partial charge in [0.2, 0.25) is 5.91 Å². The average molecular weight is 405 g/mol. The van der Waals surface area contributed by atoms with Crippen LogP contribution in [0.25, 0.3) is 0 Å². The van der Waals surface area contributed by atoms with Gasteiger partial charge in [0, 0.05) is 15.7 Å². The Labute approximate surface area is 153 Å². The molecule has 3 rings (SSSR count). The number of hydrogen-bond donors (Lipinski definition) is 2. The number of benzene rings is 2. The minimum absolute atomic E-state index is 0.122. The maximum absolute atomic E-state index is 12.2. The molecule has 0 saturated heterocycles. The van der Waals surface area contributed by atoms with Crippen LogP contribution in [0.3, 0.4) is 0 Å². The van der Waals surface area contributed by atoms with Crippen molar-refractivity contribution in [3.05, 3.63) is 52.0 Å². The van der Waals surface area contributed by atoms with Crippen molar-refractivity contribution in [2.45, 2.75) is 6.92 Å². The molecule has 2 amide bonds. The highest BCUT2D eigenvalue weighted by molar-refractivity contribution is 9.10. The van der Waals surface area contributed by atoms with E-state index in [0.29, 0.717) is 36.0 Å². The number of fused-ring (bicyclic) bond motifs is 1. The van der Waals surface area contributed by atoms with E-state index in [1.807, 2.05) is 19.1 Å².